The van der Waals surface area contributed by atoms with E-state index >= 15 is 0 Å². The van der Waals surface area contributed by atoms with E-state index in [1.54, 1.807) is 0 Å². The molecule has 0 fully saturated rings. The van der Waals surface area contributed by atoms with E-state index < -0.39 is 12.5 Å². The topological polar surface area (TPSA) is 26.0 Å². The van der Waals surface area contributed by atoms with E-state index in [1.165, 1.54) is 0 Å². The second-order valence-corrected chi connectivity index (χ2v) is 5.11. The van der Waals surface area contributed by atoms with Crippen molar-refractivity contribution in [2.75, 3.05) is 0 Å². The van der Waals surface area contributed by atoms with Crippen molar-refractivity contribution < 1.29 is 8.78 Å². The molecule has 1 nitrogen and oxygen atoms in total. The molecule has 1 aromatic rings. The molecule has 3 heteroatoms. The Morgan fingerprint density at radius 2 is 1.75 bits per heavy atom. The molecule has 0 aromatic heterocycles. The van der Waals surface area contributed by atoms with E-state index in [2.05, 4.69) is 20.8 Å². The molecule has 0 aliphatic heterocycles. The monoisotopic (exact) mass is 227 g/mol. The zero-order valence-electron chi connectivity index (χ0n) is 10.0. The van der Waals surface area contributed by atoms with Crippen LogP contribution in [0.2, 0.25) is 0 Å². The summed E-state index contributed by atoms with van der Waals surface area (Å²) in [5, 5.41) is 0. The van der Waals surface area contributed by atoms with Gasteiger partial charge in [-0.1, -0.05) is 45.0 Å². The molecule has 2 N–H and O–H groups in total. The van der Waals surface area contributed by atoms with Gasteiger partial charge in [-0.15, -0.1) is 0 Å². The Morgan fingerprint density at radius 1 is 1.19 bits per heavy atom. The van der Waals surface area contributed by atoms with Crippen LogP contribution < -0.4 is 5.73 Å². The van der Waals surface area contributed by atoms with Gasteiger partial charge in [0, 0.05) is 0 Å². The second kappa shape index (κ2) is 4.91. The number of hydrogen-bond donors (Lipinski definition) is 1. The first kappa shape index (κ1) is 13.1. The van der Waals surface area contributed by atoms with Gasteiger partial charge in [0.1, 0.15) is 0 Å². The Bertz CT molecular complexity index is 342. The molecule has 1 unspecified atom stereocenters. The maximum Gasteiger partial charge on any atom is 0.253 e. The first-order chi connectivity index (χ1) is 7.32. The Balaban J connectivity index is 2.96. The van der Waals surface area contributed by atoms with Crippen LogP contribution in [0.1, 0.15) is 31.9 Å². The lowest BCUT2D eigenvalue weighted by molar-refractivity contribution is 0.116. The van der Waals surface area contributed by atoms with E-state index in [1.807, 2.05) is 24.3 Å². The highest BCUT2D eigenvalue weighted by Crippen LogP contribution is 2.26. The number of nitrogens with two attached hydrogens (primary N) is 1. The molecule has 0 saturated carbocycles. The molecule has 0 aliphatic rings. The van der Waals surface area contributed by atoms with Gasteiger partial charge >= 0.3 is 0 Å². The SMILES string of the molecule is CC(C)(C)c1ccccc1CC(N)C(F)F. The Labute approximate surface area is 95.7 Å². The fourth-order valence-corrected chi connectivity index (χ4v) is 1.77. The summed E-state index contributed by atoms with van der Waals surface area (Å²) in [5.41, 5.74) is 7.38. The highest BCUT2D eigenvalue weighted by atomic mass is 19.3. The third-order valence-electron chi connectivity index (χ3n) is 2.60. The highest BCUT2D eigenvalue weighted by Gasteiger charge is 2.21. The lowest BCUT2D eigenvalue weighted by Gasteiger charge is -2.24. The van der Waals surface area contributed by atoms with Crippen LogP contribution in [0.25, 0.3) is 0 Å². The van der Waals surface area contributed by atoms with Gasteiger partial charge in [-0.2, -0.15) is 0 Å². The molecule has 1 atom stereocenters. The van der Waals surface area contributed by atoms with Crippen molar-refractivity contribution in [3.8, 4) is 0 Å². The number of alkyl halides is 2. The molecule has 0 saturated heterocycles. The summed E-state index contributed by atoms with van der Waals surface area (Å²) in [7, 11) is 0. The van der Waals surface area contributed by atoms with Crippen molar-refractivity contribution in [2.45, 2.75) is 45.1 Å². The van der Waals surface area contributed by atoms with Crippen LogP contribution in [0.5, 0.6) is 0 Å². The number of halogens is 2. The normalized spacial score (nSPS) is 14.2. The van der Waals surface area contributed by atoms with E-state index in [0.717, 1.165) is 11.1 Å². The van der Waals surface area contributed by atoms with E-state index in [4.69, 9.17) is 5.73 Å². The Morgan fingerprint density at radius 3 is 2.25 bits per heavy atom. The molecule has 16 heavy (non-hydrogen) atoms. The van der Waals surface area contributed by atoms with Crippen LogP contribution >= 0.6 is 0 Å². The third kappa shape index (κ3) is 3.27. The van der Waals surface area contributed by atoms with Gasteiger partial charge in [-0.05, 0) is 23.0 Å². The number of hydrogen-bond acceptors (Lipinski definition) is 1. The molecule has 0 amide bonds. The van der Waals surface area contributed by atoms with E-state index in [9.17, 15) is 8.78 Å². The van der Waals surface area contributed by atoms with Gasteiger partial charge < -0.3 is 5.73 Å². The van der Waals surface area contributed by atoms with Gasteiger partial charge in [0.05, 0.1) is 6.04 Å². The Hall–Kier alpha value is -0.960. The summed E-state index contributed by atoms with van der Waals surface area (Å²) in [5.74, 6) is 0. The van der Waals surface area contributed by atoms with Crippen molar-refractivity contribution in [3.05, 3.63) is 35.4 Å². The van der Waals surface area contributed by atoms with Crippen molar-refractivity contribution >= 4 is 0 Å². The maximum atomic E-state index is 12.4. The molecule has 0 bridgehead atoms. The van der Waals surface area contributed by atoms with Crippen LogP contribution in [-0.4, -0.2) is 12.5 Å². The Kier molecular flexibility index (Phi) is 4.03. The predicted molar refractivity (Wildman–Crippen MR) is 62.8 cm³/mol. The highest BCUT2D eigenvalue weighted by molar-refractivity contribution is 5.33. The standard InChI is InChI=1S/C13H19F2N/c1-13(2,3)10-7-5-4-6-9(10)8-11(16)12(14)15/h4-7,11-12H,8,16H2,1-3H3. The molecule has 1 rings (SSSR count). The van der Waals surface area contributed by atoms with Crippen LogP contribution in [0.4, 0.5) is 8.78 Å². The minimum Gasteiger partial charge on any atom is -0.323 e. The van der Waals surface area contributed by atoms with E-state index in [-0.39, 0.29) is 11.8 Å². The van der Waals surface area contributed by atoms with Gasteiger partial charge in [0.2, 0.25) is 0 Å². The van der Waals surface area contributed by atoms with Crippen molar-refractivity contribution in [2.24, 2.45) is 5.73 Å². The fraction of sp³-hybridized carbons (Fsp3) is 0.538. The number of benzene rings is 1. The zero-order chi connectivity index (χ0) is 12.3. The smallest absolute Gasteiger partial charge is 0.253 e. The van der Waals surface area contributed by atoms with Gasteiger partial charge in [-0.3, -0.25) is 0 Å². The lowest BCUT2D eigenvalue weighted by atomic mass is 9.82. The summed E-state index contributed by atoms with van der Waals surface area (Å²) < 4.78 is 24.8. The van der Waals surface area contributed by atoms with Crippen molar-refractivity contribution in [1.82, 2.24) is 0 Å². The predicted octanol–water partition coefficient (Wildman–Crippen LogP) is 3.12. The molecule has 0 radical (unpaired) electrons. The summed E-state index contributed by atoms with van der Waals surface area (Å²) in [4.78, 5) is 0. The fourth-order valence-electron chi connectivity index (χ4n) is 1.77. The summed E-state index contributed by atoms with van der Waals surface area (Å²) in [6, 6.07) is 6.57. The zero-order valence-corrected chi connectivity index (χ0v) is 10.0. The van der Waals surface area contributed by atoms with E-state index in [0.29, 0.717) is 0 Å². The summed E-state index contributed by atoms with van der Waals surface area (Å²) in [6.07, 6.45) is -2.24. The minimum absolute atomic E-state index is 0.0432. The average Bonchev–Trinajstić information content (AvgIpc) is 2.16. The minimum atomic E-state index is -2.46. The lowest BCUT2D eigenvalue weighted by Crippen LogP contribution is -2.32. The third-order valence-corrected chi connectivity index (χ3v) is 2.60. The van der Waals surface area contributed by atoms with Crippen molar-refractivity contribution in [3.63, 3.8) is 0 Å². The molecular weight excluding hydrogens is 208 g/mol. The largest absolute Gasteiger partial charge is 0.323 e. The number of rotatable bonds is 3. The molecule has 1 aromatic carbocycles. The molecule has 0 heterocycles. The molecule has 90 valence electrons. The van der Waals surface area contributed by atoms with Gasteiger partial charge in [0.25, 0.3) is 6.43 Å². The van der Waals surface area contributed by atoms with Gasteiger partial charge in [0.15, 0.2) is 0 Å². The first-order valence-electron chi connectivity index (χ1n) is 5.44. The second-order valence-electron chi connectivity index (χ2n) is 5.11. The van der Waals surface area contributed by atoms with Crippen molar-refractivity contribution in [1.29, 1.82) is 0 Å². The van der Waals surface area contributed by atoms with Crippen LogP contribution in [-0.2, 0) is 11.8 Å². The first-order valence-corrected chi connectivity index (χ1v) is 5.44. The average molecular weight is 227 g/mol. The quantitative estimate of drug-likeness (QED) is 0.843. The van der Waals surface area contributed by atoms with Crippen LogP contribution in [0, 0.1) is 0 Å². The molecule has 0 spiro atoms. The molecule has 0 aliphatic carbocycles. The van der Waals surface area contributed by atoms with Crippen LogP contribution in [0.15, 0.2) is 24.3 Å². The maximum absolute atomic E-state index is 12.4. The van der Waals surface area contributed by atoms with Gasteiger partial charge in [-0.25, -0.2) is 8.78 Å². The summed E-state index contributed by atoms with van der Waals surface area (Å²) >= 11 is 0. The van der Waals surface area contributed by atoms with Crippen LogP contribution in [0.3, 0.4) is 0 Å². The summed E-state index contributed by atoms with van der Waals surface area (Å²) in [6.45, 7) is 6.21. The molecular formula is C13H19F2N.